The number of methoxy groups -OCH3 is 1. The zero-order valence-corrected chi connectivity index (χ0v) is 17.1. The molecule has 2 heterocycles. The predicted molar refractivity (Wildman–Crippen MR) is 110 cm³/mol. The van der Waals surface area contributed by atoms with Crippen LogP contribution in [0.1, 0.15) is 49.9 Å². The summed E-state index contributed by atoms with van der Waals surface area (Å²) in [4.78, 5) is 28.1. The molecular formula is C23H29N3O3. The van der Waals surface area contributed by atoms with E-state index in [2.05, 4.69) is 12.2 Å². The molecule has 1 aromatic carbocycles. The number of aromatic nitrogens is 1. The van der Waals surface area contributed by atoms with Crippen molar-refractivity contribution >= 4 is 11.8 Å². The van der Waals surface area contributed by atoms with E-state index in [1.54, 1.807) is 12.0 Å². The van der Waals surface area contributed by atoms with Crippen LogP contribution in [0.15, 0.2) is 42.6 Å². The average Bonchev–Trinajstić information content (AvgIpc) is 3.18. The minimum atomic E-state index is -0.634. The summed E-state index contributed by atoms with van der Waals surface area (Å²) in [5.41, 5.74) is 1.76. The Bertz CT molecular complexity index is 891. The SMILES string of the molecule is COc1ccccc1CN1C(=O)Cn2cccc2[C@@H]1C(=O)N[C@H]1CCCC[C@@H]1C. The van der Waals surface area contributed by atoms with Crippen LogP contribution in [0, 0.1) is 5.92 Å². The fourth-order valence-electron chi connectivity index (χ4n) is 4.62. The highest BCUT2D eigenvalue weighted by Crippen LogP contribution is 2.32. The number of carbonyl (C=O) groups is 2. The molecule has 1 N–H and O–H groups in total. The molecule has 0 radical (unpaired) electrons. The van der Waals surface area contributed by atoms with Crippen LogP contribution in [0.3, 0.4) is 0 Å². The second-order valence-corrected chi connectivity index (χ2v) is 8.17. The van der Waals surface area contributed by atoms with Crippen LogP contribution in [-0.4, -0.2) is 34.4 Å². The Balaban J connectivity index is 1.63. The number of para-hydroxylation sites is 1. The van der Waals surface area contributed by atoms with Gasteiger partial charge in [-0.1, -0.05) is 38.0 Å². The summed E-state index contributed by atoms with van der Waals surface area (Å²) in [6, 6.07) is 11.0. The molecular weight excluding hydrogens is 366 g/mol. The van der Waals surface area contributed by atoms with Crippen molar-refractivity contribution in [2.75, 3.05) is 7.11 Å². The number of amides is 2. The van der Waals surface area contributed by atoms with Crippen molar-refractivity contribution in [3.05, 3.63) is 53.9 Å². The maximum absolute atomic E-state index is 13.4. The molecule has 0 saturated heterocycles. The standard InChI is InChI=1S/C23H29N3O3/c1-16-8-3-5-10-18(16)24-23(28)22-19-11-7-13-25(19)15-21(27)26(22)14-17-9-4-6-12-20(17)29-2/h4,6-7,9,11-13,16,18,22H,3,5,8,10,14-15H2,1-2H3,(H,24,28)/t16-,18-,22+/m0/s1. The smallest absolute Gasteiger partial charge is 0.249 e. The fourth-order valence-corrected chi connectivity index (χ4v) is 4.62. The zero-order chi connectivity index (χ0) is 20.4. The molecule has 6 nitrogen and oxygen atoms in total. The van der Waals surface area contributed by atoms with Crippen molar-refractivity contribution in [1.82, 2.24) is 14.8 Å². The highest BCUT2D eigenvalue weighted by atomic mass is 16.5. The summed E-state index contributed by atoms with van der Waals surface area (Å²) in [5.74, 6) is 1.03. The van der Waals surface area contributed by atoms with Gasteiger partial charge in [-0.2, -0.15) is 0 Å². The molecule has 3 atom stereocenters. The molecule has 6 heteroatoms. The third-order valence-corrected chi connectivity index (χ3v) is 6.30. The number of hydrogen-bond acceptors (Lipinski definition) is 3. The van der Waals surface area contributed by atoms with Crippen molar-refractivity contribution in [1.29, 1.82) is 0 Å². The van der Waals surface area contributed by atoms with Crippen molar-refractivity contribution in [3.63, 3.8) is 0 Å². The van der Waals surface area contributed by atoms with Gasteiger partial charge in [-0.05, 0) is 37.0 Å². The van der Waals surface area contributed by atoms with Crippen LogP contribution < -0.4 is 10.1 Å². The van der Waals surface area contributed by atoms with Gasteiger partial charge in [0.15, 0.2) is 6.04 Å². The van der Waals surface area contributed by atoms with E-state index in [0.717, 1.165) is 36.3 Å². The highest BCUT2D eigenvalue weighted by Gasteiger charge is 2.39. The van der Waals surface area contributed by atoms with Gasteiger partial charge < -0.3 is 19.5 Å². The van der Waals surface area contributed by atoms with Gasteiger partial charge in [0.25, 0.3) is 0 Å². The van der Waals surface area contributed by atoms with Gasteiger partial charge in [0.05, 0.1) is 19.3 Å². The maximum atomic E-state index is 13.4. The number of rotatable bonds is 5. The molecule has 0 unspecified atom stereocenters. The van der Waals surface area contributed by atoms with E-state index >= 15 is 0 Å². The molecule has 1 aliphatic heterocycles. The number of ether oxygens (including phenoxy) is 1. The predicted octanol–water partition coefficient (Wildman–Crippen LogP) is 3.28. The van der Waals surface area contributed by atoms with Crippen LogP contribution in [0.25, 0.3) is 0 Å². The van der Waals surface area contributed by atoms with Crippen molar-refractivity contribution in [2.45, 2.75) is 57.8 Å². The first-order valence-corrected chi connectivity index (χ1v) is 10.4. The molecule has 1 aliphatic carbocycles. The molecule has 29 heavy (non-hydrogen) atoms. The Labute approximate surface area is 171 Å². The second-order valence-electron chi connectivity index (χ2n) is 8.17. The van der Waals surface area contributed by atoms with E-state index in [1.165, 1.54) is 6.42 Å². The van der Waals surface area contributed by atoms with Crippen molar-refractivity contribution in [2.24, 2.45) is 5.92 Å². The molecule has 0 spiro atoms. The van der Waals surface area contributed by atoms with E-state index in [0.29, 0.717) is 12.5 Å². The van der Waals surface area contributed by atoms with Gasteiger partial charge in [0.1, 0.15) is 12.3 Å². The minimum absolute atomic E-state index is 0.0588. The van der Waals surface area contributed by atoms with Crippen LogP contribution in [-0.2, 0) is 22.7 Å². The van der Waals surface area contributed by atoms with Crippen molar-refractivity contribution < 1.29 is 14.3 Å². The molecule has 1 saturated carbocycles. The monoisotopic (exact) mass is 395 g/mol. The third-order valence-electron chi connectivity index (χ3n) is 6.30. The van der Waals surface area contributed by atoms with Crippen LogP contribution >= 0.6 is 0 Å². The van der Waals surface area contributed by atoms with E-state index < -0.39 is 6.04 Å². The Morgan fingerprint density at radius 1 is 1.17 bits per heavy atom. The number of carbonyl (C=O) groups excluding carboxylic acids is 2. The van der Waals surface area contributed by atoms with Gasteiger partial charge in [-0.3, -0.25) is 9.59 Å². The van der Waals surface area contributed by atoms with Gasteiger partial charge in [0, 0.05) is 17.8 Å². The van der Waals surface area contributed by atoms with Crippen LogP contribution in [0.2, 0.25) is 0 Å². The summed E-state index contributed by atoms with van der Waals surface area (Å²) in [6.07, 6.45) is 6.37. The van der Waals surface area contributed by atoms with E-state index in [9.17, 15) is 9.59 Å². The highest BCUT2D eigenvalue weighted by molar-refractivity contribution is 5.90. The largest absolute Gasteiger partial charge is 0.496 e. The molecule has 1 aromatic heterocycles. The first-order valence-electron chi connectivity index (χ1n) is 10.4. The number of nitrogens with one attached hydrogen (secondary N) is 1. The van der Waals surface area contributed by atoms with Gasteiger partial charge in [0.2, 0.25) is 11.8 Å². The molecule has 2 aliphatic rings. The quantitative estimate of drug-likeness (QED) is 0.845. The lowest BCUT2D eigenvalue weighted by Gasteiger charge is -2.38. The average molecular weight is 396 g/mol. The van der Waals surface area contributed by atoms with E-state index in [1.807, 2.05) is 47.2 Å². The van der Waals surface area contributed by atoms with Crippen LogP contribution in [0.5, 0.6) is 5.75 Å². The second kappa shape index (κ2) is 8.31. The summed E-state index contributed by atoms with van der Waals surface area (Å²) in [7, 11) is 1.62. The lowest BCUT2D eigenvalue weighted by atomic mass is 9.85. The lowest BCUT2D eigenvalue weighted by Crippen LogP contribution is -2.51. The summed E-state index contributed by atoms with van der Waals surface area (Å²) >= 11 is 0. The lowest BCUT2D eigenvalue weighted by molar-refractivity contribution is -0.145. The van der Waals surface area contributed by atoms with Crippen molar-refractivity contribution in [3.8, 4) is 5.75 Å². The van der Waals surface area contributed by atoms with Crippen LogP contribution in [0.4, 0.5) is 0 Å². The maximum Gasteiger partial charge on any atom is 0.249 e. The Morgan fingerprint density at radius 3 is 2.76 bits per heavy atom. The normalized spacial score (nSPS) is 24.1. The molecule has 2 aromatic rings. The van der Waals surface area contributed by atoms with E-state index in [-0.39, 0.29) is 24.4 Å². The Morgan fingerprint density at radius 2 is 1.97 bits per heavy atom. The van der Waals surface area contributed by atoms with Gasteiger partial charge in [-0.25, -0.2) is 0 Å². The Hall–Kier alpha value is -2.76. The van der Waals surface area contributed by atoms with Gasteiger partial charge in [-0.15, -0.1) is 0 Å². The van der Waals surface area contributed by atoms with Gasteiger partial charge >= 0.3 is 0 Å². The molecule has 4 rings (SSSR count). The first kappa shape index (κ1) is 19.6. The number of hydrogen-bond donors (Lipinski definition) is 1. The number of benzene rings is 1. The molecule has 0 bridgehead atoms. The topological polar surface area (TPSA) is 63.6 Å². The summed E-state index contributed by atoms with van der Waals surface area (Å²) < 4.78 is 7.35. The third kappa shape index (κ3) is 3.88. The molecule has 154 valence electrons. The summed E-state index contributed by atoms with van der Waals surface area (Å²) in [6.45, 7) is 2.79. The van der Waals surface area contributed by atoms with E-state index in [4.69, 9.17) is 4.74 Å². The zero-order valence-electron chi connectivity index (χ0n) is 17.1. The number of fused-ring (bicyclic) bond motifs is 1. The molecule has 1 fully saturated rings. The number of nitrogens with zero attached hydrogens (tertiary/aromatic N) is 2. The minimum Gasteiger partial charge on any atom is -0.496 e. The Kier molecular flexibility index (Phi) is 5.60. The molecule has 2 amide bonds. The first-order chi connectivity index (χ1) is 14.1. The fraction of sp³-hybridized carbons (Fsp3) is 0.478. The summed E-state index contributed by atoms with van der Waals surface area (Å²) in [5, 5.41) is 3.26.